The minimum absolute atomic E-state index is 0.0413. The maximum Gasteiger partial charge on any atom is 0.307 e. The molecule has 0 saturated carbocycles. The monoisotopic (exact) mass is 865 g/mol. The molecule has 0 unspecified atom stereocenters. The van der Waals surface area contributed by atoms with Crippen molar-refractivity contribution in [2.24, 2.45) is 0 Å². The van der Waals surface area contributed by atoms with Crippen LogP contribution in [0.5, 0.6) is 0 Å². The van der Waals surface area contributed by atoms with Crippen LogP contribution in [0.25, 0.3) is 0 Å². The summed E-state index contributed by atoms with van der Waals surface area (Å²) in [7, 11) is 0. The van der Waals surface area contributed by atoms with Gasteiger partial charge in [-0.1, -0.05) is 207 Å². The van der Waals surface area contributed by atoms with Gasteiger partial charge < -0.3 is 24.4 Å². The van der Waals surface area contributed by atoms with E-state index in [9.17, 15) is 14.4 Å². The van der Waals surface area contributed by atoms with Gasteiger partial charge in [0, 0.05) is 19.5 Å². The van der Waals surface area contributed by atoms with Crippen LogP contribution < -0.4 is 5.32 Å². The predicted octanol–water partition coefficient (Wildman–Crippen LogP) is 14.8. The van der Waals surface area contributed by atoms with E-state index in [4.69, 9.17) is 14.2 Å². The molecule has 0 spiro atoms. The van der Waals surface area contributed by atoms with Crippen molar-refractivity contribution >= 4 is 17.9 Å². The quantitative estimate of drug-likeness (QED) is 0.0367. The summed E-state index contributed by atoms with van der Waals surface area (Å²) in [5, 5.41) is 3.56. The normalized spacial score (nSPS) is 11.4. The minimum Gasteiger partial charge on any atom is -0.466 e. The molecule has 0 aromatic heterocycles. The van der Waals surface area contributed by atoms with E-state index in [0.717, 1.165) is 96.7 Å². The van der Waals surface area contributed by atoms with Gasteiger partial charge in [0.1, 0.15) is 0 Å². The van der Waals surface area contributed by atoms with Crippen LogP contribution in [-0.2, 0) is 28.6 Å². The Kier molecular flexibility index (Phi) is 49.6. The summed E-state index contributed by atoms with van der Waals surface area (Å²) in [5.41, 5.74) is 0. The Balaban J connectivity index is 4.15. The topological polar surface area (TPSA) is 94.2 Å². The lowest BCUT2D eigenvalue weighted by atomic mass is 10.1. The third kappa shape index (κ3) is 49.2. The Morgan fingerprint density at radius 1 is 0.311 bits per heavy atom. The highest BCUT2D eigenvalue weighted by Gasteiger charge is 2.13. The molecule has 0 atom stereocenters. The van der Waals surface area contributed by atoms with E-state index in [1.807, 2.05) is 0 Å². The fraction of sp³-hybridized carbons (Fsp3) is 0.943. The van der Waals surface area contributed by atoms with E-state index >= 15 is 0 Å². The summed E-state index contributed by atoms with van der Waals surface area (Å²) in [6.07, 6.45) is 45.6. The molecule has 8 heteroatoms. The molecule has 362 valence electrons. The SMILES string of the molecule is CCCCCCCCCCCCOC(=O)CCCCCNCCCCCN(CCC(=O)OCCCCCCCCCCCC)CCC(=O)OCCCCCCCCCCCC. The fourth-order valence-corrected chi connectivity index (χ4v) is 7.96. The van der Waals surface area contributed by atoms with Crippen LogP contribution in [0.2, 0.25) is 0 Å². The fourth-order valence-electron chi connectivity index (χ4n) is 7.96. The number of nitrogens with one attached hydrogen (secondary N) is 1. The van der Waals surface area contributed by atoms with Crippen molar-refractivity contribution in [3.63, 3.8) is 0 Å². The molecule has 0 aliphatic carbocycles. The van der Waals surface area contributed by atoms with Crippen LogP contribution in [0.15, 0.2) is 0 Å². The molecule has 8 nitrogen and oxygen atoms in total. The Morgan fingerprint density at radius 2 is 0.590 bits per heavy atom. The van der Waals surface area contributed by atoms with E-state index in [0.29, 0.717) is 52.2 Å². The molecular formula is C53H104N2O6. The predicted molar refractivity (Wildman–Crippen MR) is 259 cm³/mol. The summed E-state index contributed by atoms with van der Waals surface area (Å²) in [5.74, 6) is -0.301. The van der Waals surface area contributed by atoms with Crippen LogP contribution in [-0.4, -0.2) is 75.4 Å². The Morgan fingerprint density at radius 3 is 0.934 bits per heavy atom. The highest BCUT2D eigenvalue weighted by Crippen LogP contribution is 2.14. The number of carbonyl (C=O) groups excluding carboxylic acids is 3. The van der Waals surface area contributed by atoms with Crippen LogP contribution in [0, 0.1) is 0 Å². The number of esters is 3. The first-order valence-electron chi connectivity index (χ1n) is 26.9. The van der Waals surface area contributed by atoms with Gasteiger partial charge >= 0.3 is 17.9 Å². The molecule has 0 saturated heterocycles. The molecule has 0 fully saturated rings. The standard InChI is InChI=1S/C53H104N2O6/c1-4-7-10-13-16-19-22-25-28-37-48-59-51(56)40-33-31-34-43-54-44-35-32-36-45-55(46-41-52(57)60-49-38-29-26-23-20-17-14-11-8-5-2)47-42-53(58)61-50-39-30-27-24-21-18-15-12-9-6-3/h54H,4-50H2,1-3H3. The van der Waals surface area contributed by atoms with E-state index in [-0.39, 0.29) is 17.9 Å². The lowest BCUT2D eigenvalue weighted by Crippen LogP contribution is -2.31. The molecular weight excluding hydrogens is 761 g/mol. The molecule has 0 heterocycles. The number of hydrogen-bond donors (Lipinski definition) is 1. The van der Waals surface area contributed by atoms with Crippen LogP contribution in [0.3, 0.4) is 0 Å². The maximum absolute atomic E-state index is 12.6. The van der Waals surface area contributed by atoms with Crippen molar-refractivity contribution in [3.8, 4) is 0 Å². The molecule has 1 N–H and O–H groups in total. The Bertz CT molecular complexity index is 875. The summed E-state index contributed by atoms with van der Waals surface area (Å²) in [6.45, 7) is 12.5. The number of ether oxygens (including phenoxy) is 3. The van der Waals surface area contributed by atoms with Crippen molar-refractivity contribution in [2.45, 2.75) is 271 Å². The molecule has 0 rings (SSSR count). The van der Waals surface area contributed by atoms with Gasteiger partial charge in [0.2, 0.25) is 0 Å². The lowest BCUT2D eigenvalue weighted by Gasteiger charge is -2.21. The third-order valence-corrected chi connectivity index (χ3v) is 12.1. The van der Waals surface area contributed by atoms with Crippen molar-refractivity contribution in [2.75, 3.05) is 52.5 Å². The zero-order chi connectivity index (χ0) is 44.4. The maximum atomic E-state index is 12.6. The Hall–Kier alpha value is -1.67. The van der Waals surface area contributed by atoms with Gasteiger partial charge in [0.05, 0.1) is 32.7 Å². The van der Waals surface area contributed by atoms with E-state index in [1.54, 1.807) is 0 Å². The lowest BCUT2D eigenvalue weighted by molar-refractivity contribution is -0.145. The minimum atomic E-state index is -0.130. The average molecular weight is 865 g/mol. The molecule has 0 amide bonds. The number of unbranched alkanes of at least 4 members (excludes halogenated alkanes) is 31. The first kappa shape index (κ1) is 59.3. The molecule has 0 aliphatic rings. The number of nitrogens with zero attached hydrogens (tertiary/aromatic N) is 1. The highest BCUT2D eigenvalue weighted by molar-refractivity contribution is 5.70. The van der Waals surface area contributed by atoms with Crippen LogP contribution >= 0.6 is 0 Å². The van der Waals surface area contributed by atoms with Crippen molar-refractivity contribution < 1.29 is 28.6 Å². The van der Waals surface area contributed by atoms with Crippen LogP contribution in [0.1, 0.15) is 271 Å². The van der Waals surface area contributed by atoms with Crippen LogP contribution in [0.4, 0.5) is 0 Å². The van der Waals surface area contributed by atoms with Gasteiger partial charge in [-0.25, -0.2) is 0 Å². The smallest absolute Gasteiger partial charge is 0.307 e. The third-order valence-electron chi connectivity index (χ3n) is 12.1. The average Bonchev–Trinajstić information content (AvgIpc) is 3.26. The zero-order valence-electron chi connectivity index (χ0n) is 41.1. The van der Waals surface area contributed by atoms with Gasteiger partial charge in [-0.15, -0.1) is 0 Å². The molecule has 0 bridgehead atoms. The second-order valence-corrected chi connectivity index (χ2v) is 18.2. The van der Waals surface area contributed by atoms with Crippen molar-refractivity contribution in [3.05, 3.63) is 0 Å². The second-order valence-electron chi connectivity index (χ2n) is 18.2. The summed E-state index contributed by atoms with van der Waals surface area (Å²) >= 11 is 0. The molecule has 61 heavy (non-hydrogen) atoms. The molecule has 0 aromatic rings. The first-order chi connectivity index (χ1) is 30.0. The molecule has 0 radical (unpaired) electrons. The van der Waals surface area contributed by atoms with Gasteiger partial charge in [0.15, 0.2) is 0 Å². The van der Waals surface area contributed by atoms with Crippen molar-refractivity contribution in [1.29, 1.82) is 0 Å². The summed E-state index contributed by atoms with van der Waals surface area (Å²) < 4.78 is 16.6. The molecule has 0 aliphatic heterocycles. The highest BCUT2D eigenvalue weighted by atomic mass is 16.5. The molecule has 0 aromatic carbocycles. The zero-order valence-corrected chi connectivity index (χ0v) is 41.1. The Labute approximate surface area is 379 Å². The summed E-state index contributed by atoms with van der Waals surface area (Å²) in [4.78, 5) is 39.5. The van der Waals surface area contributed by atoms with Gasteiger partial charge in [-0.3, -0.25) is 14.4 Å². The van der Waals surface area contributed by atoms with Crippen molar-refractivity contribution in [1.82, 2.24) is 10.2 Å². The van der Waals surface area contributed by atoms with E-state index < -0.39 is 0 Å². The number of hydrogen-bond acceptors (Lipinski definition) is 8. The van der Waals surface area contributed by atoms with Gasteiger partial charge in [0.25, 0.3) is 0 Å². The van der Waals surface area contributed by atoms with Gasteiger partial charge in [-0.2, -0.15) is 0 Å². The second kappa shape index (κ2) is 51.0. The number of rotatable bonds is 51. The largest absolute Gasteiger partial charge is 0.466 e. The first-order valence-corrected chi connectivity index (χ1v) is 26.9. The van der Waals surface area contributed by atoms with E-state index in [1.165, 1.54) is 154 Å². The van der Waals surface area contributed by atoms with E-state index in [2.05, 4.69) is 31.0 Å². The van der Waals surface area contributed by atoms with Gasteiger partial charge in [-0.05, 0) is 64.6 Å². The number of carbonyl (C=O) groups is 3. The summed E-state index contributed by atoms with van der Waals surface area (Å²) in [6, 6.07) is 0.